The van der Waals surface area contributed by atoms with Gasteiger partial charge in [0.15, 0.2) is 0 Å². The molecule has 2 aliphatic rings. The summed E-state index contributed by atoms with van der Waals surface area (Å²) in [5.74, 6) is 6.15. The Morgan fingerprint density at radius 2 is 0.618 bits per heavy atom. The van der Waals surface area contributed by atoms with Crippen molar-refractivity contribution in [3.8, 4) is 0 Å². The van der Waals surface area contributed by atoms with Crippen molar-refractivity contribution < 1.29 is 43.4 Å². The van der Waals surface area contributed by atoms with Crippen LogP contribution in [0.15, 0.2) is 91.0 Å². The summed E-state index contributed by atoms with van der Waals surface area (Å²) in [6.45, 7) is 44.3. The van der Waals surface area contributed by atoms with Crippen LogP contribution in [0.2, 0.25) is 0 Å². The van der Waals surface area contributed by atoms with Crippen LogP contribution in [0, 0.1) is 86.0 Å². The maximum atomic E-state index is 3.72. The van der Waals surface area contributed by atoms with Crippen LogP contribution in [0.4, 0.5) is 0 Å². The van der Waals surface area contributed by atoms with Crippen LogP contribution >= 0.6 is 0 Å². The first-order valence-electron chi connectivity index (χ1n) is 20.1. The van der Waals surface area contributed by atoms with Gasteiger partial charge in [-0.1, -0.05) is 127 Å². The van der Waals surface area contributed by atoms with E-state index in [0.717, 1.165) is 64.0 Å². The molecule has 0 bridgehead atoms. The van der Waals surface area contributed by atoms with E-state index >= 15 is 0 Å². The maximum Gasteiger partial charge on any atom is 4.00 e. The average molecular weight is 804 g/mol. The van der Waals surface area contributed by atoms with E-state index in [1.807, 2.05) is 91.0 Å². The Labute approximate surface area is 369 Å². The van der Waals surface area contributed by atoms with Gasteiger partial charge >= 0.3 is 21.7 Å². The molecule has 5 aromatic rings. The topological polar surface area (TPSA) is 0 Å². The Morgan fingerprint density at radius 1 is 0.400 bits per heavy atom. The van der Waals surface area contributed by atoms with Gasteiger partial charge in [-0.25, -0.2) is 0 Å². The van der Waals surface area contributed by atoms with Crippen LogP contribution in [0.25, 0.3) is 0 Å². The first kappa shape index (κ1) is 50.4. The van der Waals surface area contributed by atoms with Crippen molar-refractivity contribution in [2.24, 2.45) is 23.7 Å². The van der Waals surface area contributed by atoms with Gasteiger partial charge in [0.1, 0.15) is 0 Å². The second-order valence-electron chi connectivity index (χ2n) is 16.5. The average Bonchev–Trinajstić information content (AvgIpc) is 3.52. The van der Waals surface area contributed by atoms with Gasteiger partial charge in [-0.15, -0.1) is 36.4 Å². The Balaban J connectivity index is 0.000000360. The molecule has 8 unspecified atom stereocenters. The van der Waals surface area contributed by atoms with Gasteiger partial charge < -0.3 is 0 Å². The largest absolute Gasteiger partial charge is 4.00 e. The maximum absolute atomic E-state index is 3.72. The molecule has 8 atom stereocenters. The quantitative estimate of drug-likeness (QED) is 0.108. The van der Waals surface area contributed by atoms with Crippen molar-refractivity contribution in [2.45, 2.75) is 121 Å². The van der Waals surface area contributed by atoms with Crippen LogP contribution in [-0.2, 0) is 43.4 Å². The predicted octanol–water partition coefficient (Wildman–Crippen LogP) is 15.2. The molecule has 0 saturated carbocycles. The van der Waals surface area contributed by atoms with E-state index in [2.05, 4.69) is 118 Å². The van der Waals surface area contributed by atoms with Crippen LogP contribution < -0.4 is 0 Å². The Morgan fingerprint density at radius 3 is 0.818 bits per heavy atom. The fourth-order valence-corrected chi connectivity index (χ4v) is 8.83. The van der Waals surface area contributed by atoms with E-state index in [0.29, 0.717) is 0 Å². The second kappa shape index (κ2) is 23.0. The first-order chi connectivity index (χ1) is 24.9. The molecule has 0 heterocycles. The minimum Gasteiger partial charge on any atom is -0.199 e. The summed E-state index contributed by atoms with van der Waals surface area (Å²) < 4.78 is 0. The van der Waals surface area contributed by atoms with Crippen molar-refractivity contribution in [1.29, 1.82) is 0 Å². The smallest absolute Gasteiger partial charge is 0.199 e. The monoisotopic (exact) mass is 803 g/mol. The van der Waals surface area contributed by atoms with Gasteiger partial charge in [0.05, 0.1) is 0 Å². The zero-order valence-electron chi connectivity index (χ0n) is 36.9. The van der Waals surface area contributed by atoms with Gasteiger partial charge in [-0.2, -0.15) is 129 Å². The Bertz CT molecular complexity index is 1580. The molecular weight excluding hydrogens is 732 g/mol. The molecule has 5 aromatic carbocycles. The van der Waals surface area contributed by atoms with Crippen molar-refractivity contribution in [1.82, 2.24) is 0 Å². The van der Waals surface area contributed by atoms with E-state index in [9.17, 15) is 0 Å². The van der Waals surface area contributed by atoms with Crippen molar-refractivity contribution in [3.05, 3.63) is 184 Å². The van der Waals surface area contributed by atoms with E-state index in [1.165, 1.54) is 11.1 Å². The van der Waals surface area contributed by atoms with Crippen molar-refractivity contribution in [3.63, 3.8) is 0 Å². The Kier molecular flexibility index (Phi) is 21.1. The minimum atomic E-state index is 0. The number of hydrogen-bond donors (Lipinski definition) is 0. The van der Waals surface area contributed by atoms with E-state index in [4.69, 9.17) is 0 Å². The molecule has 0 saturated heterocycles. The second-order valence-corrected chi connectivity index (χ2v) is 16.5. The molecule has 0 aliphatic heterocycles. The van der Waals surface area contributed by atoms with E-state index < -0.39 is 0 Å². The first-order valence-corrected chi connectivity index (χ1v) is 20.1. The molecular formula is C53H71Ti2-. The number of rotatable bonds is 0. The molecule has 0 aromatic heterocycles. The molecule has 0 N–H and O–H groups in total. The molecule has 7 rings (SSSR count). The van der Waals surface area contributed by atoms with Crippen LogP contribution in [0.5, 0.6) is 0 Å². The molecule has 0 fully saturated rings. The standard InChI is InChI=1S/2C16H25.3C7H7.2Ti/c2*1-8-9(2)12(5)16-14(7)10(3)13(6)15(16)11(8)4;3*1-7-5-3-2-4-6-7;;/h2*8-9,11-12H,1-7H3;3*2-6H,1H2;;/q5*-1;;+4. The van der Waals surface area contributed by atoms with Gasteiger partial charge in [-0.05, 0) is 35.5 Å². The third-order valence-corrected chi connectivity index (χ3v) is 13.6. The third kappa shape index (κ3) is 12.2. The number of hydrogen-bond acceptors (Lipinski definition) is 0. The summed E-state index contributed by atoms with van der Waals surface area (Å²) in [5, 5.41) is 0. The summed E-state index contributed by atoms with van der Waals surface area (Å²) in [4.78, 5) is 0. The minimum absolute atomic E-state index is 0. The zero-order valence-corrected chi connectivity index (χ0v) is 40.0. The molecule has 292 valence electrons. The van der Waals surface area contributed by atoms with Crippen molar-refractivity contribution >= 4 is 0 Å². The van der Waals surface area contributed by atoms with Gasteiger partial charge in [-0.3, -0.25) is 0 Å². The summed E-state index contributed by atoms with van der Waals surface area (Å²) in [5.41, 5.74) is 19.2. The van der Waals surface area contributed by atoms with Gasteiger partial charge in [0.2, 0.25) is 0 Å². The Hall–Kier alpha value is -2.60. The molecule has 0 spiro atoms. The predicted molar refractivity (Wildman–Crippen MR) is 236 cm³/mol. The fourth-order valence-electron chi connectivity index (χ4n) is 8.83. The van der Waals surface area contributed by atoms with Crippen molar-refractivity contribution in [2.75, 3.05) is 0 Å². The van der Waals surface area contributed by atoms with E-state index in [1.54, 1.807) is 44.5 Å². The third-order valence-electron chi connectivity index (χ3n) is 13.6. The summed E-state index contributed by atoms with van der Waals surface area (Å²) >= 11 is 0. The molecule has 2 heteroatoms. The normalized spacial score (nSPS) is 23.0. The van der Waals surface area contributed by atoms with Gasteiger partial charge in [0, 0.05) is 21.7 Å². The summed E-state index contributed by atoms with van der Waals surface area (Å²) in [7, 11) is 0. The summed E-state index contributed by atoms with van der Waals surface area (Å²) in [6, 6.07) is 29.6. The van der Waals surface area contributed by atoms with Crippen LogP contribution in [-0.4, -0.2) is 0 Å². The SMILES string of the molecule is Cc1c2c([c-](C)c1C)C(C)C(C)C(C)C2C.Cc1c2c([c-](C)c1C)C(C)C(C)C(C)C2C.[CH2-]c1ccccc1.[CH2-]c1ccccc1.[CH2-]c1ccccc1.[Ti+4].[Ti]. The van der Waals surface area contributed by atoms with Crippen LogP contribution in [0.1, 0.15) is 151 Å². The summed E-state index contributed by atoms with van der Waals surface area (Å²) in [6.07, 6.45) is 0. The molecule has 0 nitrogen and oxygen atoms in total. The molecule has 0 amide bonds. The number of benzene rings is 3. The molecule has 2 aliphatic carbocycles. The fraction of sp³-hybridized carbons (Fsp3) is 0.415. The number of fused-ring (bicyclic) bond motifs is 2. The van der Waals surface area contributed by atoms with Gasteiger partial charge in [0.25, 0.3) is 0 Å². The zero-order chi connectivity index (χ0) is 39.7. The molecule has 0 radical (unpaired) electrons. The van der Waals surface area contributed by atoms with Crippen LogP contribution in [0.3, 0.4) is 0 Å². The molecule has 55 heavy (non-hydrogen) atoms. The van der Waals surface area contributed by atoms with E-state index in [-0.39, 0.29) is 43.4 Å².